The Morgan fingerprint density at radius 2 is 1.69 bits per heavy atom. The molecule has 3 heteroatoms. The number of methoxy groups -OCH3 is 2. The van der Waals surface area contributed by atoms with Crippen molar-refractivity contribution >= 4 is 0 Å². The Balaban J connectivity index is 2.25. The Bertz CT molecular complexity index is 396. The molecule has 0 amide bonds. The molecule has 0 atom stereocenters. The van der Waals surface area contributed by atoms with E-state index in [0.29, 0.717) is 12.8 Å². The molecule has 2 rings (SSSR count). The van der Waals surface area contributed by atoms with Crippen molar-refractivity contribution in [1.82, 2.24) is 0 Å². The maximum absolute atomic E-state index is 9.35. The molecule has 0 aromatic heterocycles. The second-order valence-electron chi connectivity index (χ2n) is 4.23. The van der Waals surface area contributed by atoms with Gasteiger partial charge < -0.3 is 9.47 Å². The summed E-state index contributed by atoms with van der Waals surface area (Å²) < 4.78 is 10.7. The summed E-state index contributed by atoms with van der Waals surface area (Å²) in [4.78, 5) is 0. The van der Waals surface area contributed by atoms with Gasteiger partial charge in [0.05, 0.1) is 11.5 Å². The van der Waals surface area contributed by atoms with Crippen molar-refractivity contribution in [2.75, 3.05) is 14.2 Å². The van der Waals surface area contributed by atoms with Crippen LogP contribution in [-0.4, -0.2) is 20.0 Å². The Hall–Kier alpha value is -1.37. The van der Waals surface area contributed by atoms with Crippen LogP contribution in [-0.2, 0) is 14.9 Å². The predicted octanol–water partition coefficient (Wildman–Crippen LogP) is 2.23. The Kier molecular flexibility index (Phi) is 2.71. The zero-order valence-electron chi connectivity index (χ0n) is 9.56. The van der Waals surface area contributed by atoms with Crippen LogP contribution in [0.5, 0.6) is 0 Å². The van der Waals surface area contributed by atoms with Gasteiger partial charge in [0.2, 0.25) is 0 Å². The van der Waals surface area contributed by atoms with Gasteiger partial charge in [0.15, 0.2) is 5.79 Å². The molecule has 16 heavy (non-hydrogen) atoms. The molecule has 0 heterocycles. The first kappa shape index (κ1) is 11.1. The Labute approximate surface area is 95.6 Å². The normalized spacial score (nSPS) is 20.8. The number of nitrogens with zero attached hydrogens (tertiary/aromatic N) is 1. The maximum Gasteiger partial charge on any atom is 0.171 e. The zero-order valence-corrected chi connectivity index (χ0v) is 9.56. The highest BCUT2D eigenvalue weighted by Gasteiger charge is 2.57. The Morgan fingerprint density at radius 1 is 1.12 bits per heavy atom. The number of hydrogen-bond donors (Lipinski definition) is 0. The number of nitriles is 1. The van der Waals surface area contributed by atoms with Crippen LogP contribution in [0.15, 0.2) is 30.3 Å². The van der Waals surface area contributed by atoms with Crippen LogP contribution >= 0.6 is 0 Å². The lowest BCUT2D eigenvalue weighted by molar-refractivity contribution is -0.269. The van der Waals surface area contributed by atoms with Gasteiger partial charge >= 0.3 is 0 Å². The lowest BCUT2D eigenvalue weighted by Gasteiger charge is -2.50. The van der Waals surface area contributed by atoms with Gasteiger partial charge in [-0.2, -0.15) is 5.26 Å². The van der Waals surface area contributed by atoms with Crippen molar-refractivity contribution < 1.29 is 9.47 Å². The molecule has 0 saturated heterocycles. The van der Waals surface area contributed by atoms with Crippen LogP contribution in [0.4, 0.5) is 0 Å². The minimum absolute atomic E-state index is 0.451. The standard InChI is InChI=1S/C13H15NO2/c1-15-13(16-2)8-12(9-13,10-14)11-6-4-3-5-7-11/h3-7H,8-9H2,1-2H3. The molecule has 84 valence electrons. The molecule has 1 aromatic carbocycles. The molecular formula is C13H15NO2. The van der Waals surface area contributed by atoms with Crippen molar-refractivity contribution in [3.8, 4) is 6.07 Å². The fraction of sp³-hybridized carbons (Fsp3) is 0.462. The van der Waals surface area contributed by atoms with Crippen molar-refractivity contribution in [2.24, 2.45) is 0 Å². The third-order valence-electron chi connectivity index (χ3n) is 3.43. The van der Waals surface area contributed by atoms with E-state index in [1.165, 1.54) is 0 Å². The molecule has 0 spiro atoms. The first-order valence-electron chi connectivity index (χ1n) is 5.27. The van der Waals surface area contributed by atoms with Gasteiger partial charge in [-0.05, 0) is 5.56 Å². The van der Waals surface area contributed by atoms with Gasteiger partial charge in [-0.3, -0.25) is 0 Å². The molecule has 0 aliphatic heterocycles. The molecule has 0 N–H and O–H groups in total. The molecule has 1 saturated carbocycles. The van der Waals surface area contributed by atoms with Crippen molar-refractivity contribution in [2.45, 2.75) is 24.0 Å². The Morgan fingerprint density at radius 3 is 2.12 bits per heavy atom. The van der Waals surface area contributed by atoms with E-state index < -0.39 is 11.2 Å². The van der Waals surface area contributed by atoms with Gasteiger partial charge in [-0.25, -0.2) is 0 Å². The van der Waals surface area contributed by atoms with E-state index in [2.05, 4.69) is 6.07 Å². The second-order valence-corrected chi connectivity index (χ2v) is 4.23. The van der Waals surface area contributed by atoms with E-state index in [-0.39, 0.29) is 0 Å². The van der Waals surface area contributed by atoms with E-state index in [4.69, 9.17) is 9.47 Å². The van der Waals surface area contributed by atoms with Crippen LogP contribution < -0.4 is 0 Å². The summed E-state index contributed by atoms with van der Waals surface area (Å²) in [6, 6.07) is 12.2. The average molecular weight is 217 g/mol. The van der Waals surface area contributed by atoms with Gasteiger partial charge in [0, 0.05) is 27.1 Å². The van der Waals surface area contributed by atoms with E-state index >= 15 is 0 Å². The van der Waals surface area contributed by atoms with Crippen LogP contribution in [0, 0.1) is 11.3 Å². The topological polar surface area (TPSA) is 42.2 Å². The number of benzene rings is 1. The molecule has 1 aromatic rings. The minimum atomic E-state index is -0.578. The first-order chi connectivity index (χ1) is 7.70. The quantitative estimate of drug-likeness (QED) is 0.729. The van der Waals surface area contributed by atoms with Crippen molar-refractivity contribution in [3.63, 3.8) is 0 Å². The van der Waals surface area contributed by atoms with E-state index in [1.54, 1.807) is 14.2 Å². The molecule has 0 radical (unpaired) electrons. The molecule has 1 fully saturated rings. The largest absolute Gasteiger partial charge is 0.353 e. The summed E-state index contributed by atoms with van der Waals surface area (Å²) in [5.74, 6) is -0.578. The summed E-state index contributed by atoms with van der Waals surface area (Å²) in [5.41, 5.74) is 0.593. The first-order valence-corrected chi connectivity index (χ1v) is 5.27. The third kappa shape index (κ3) is 1.51. The molecule has 0 unspecified atom stereocenters. The molecule has 1 aliphatic rings. The lowest BCUT2D eigenvalue weighted by Crippen LogP contribution is -2.56. The molecular weight excluding hydrogens is 202 g/mol. The monoisotopic (exact) mass is 217 g/mol. The zero-order chi connectivity index (χ0) is 11.6. The number of ether oxygens (including phenoxy) is 2. The average Bonchev–Trinajstić information content (AvgIpc) is 2.31. The van der Waals surface area contributed by atoms with Crippen LogP contribution in [0.3, 0.4) is 0 Å². The minimum Gasteiger partial charge on any atom is -0.353 e. The summed E-state index contributed by atoms with van der Waals surface area (Å²) in [5, 5.41) is 9.35. The van der Waals surface area contributed by atoms with Crippen molar-refractivity contribution in [1.29, 1.82) is 5.26 Å². The number of rotatable bonds is 3. The van der Waals surface area contributed by atoms with E-state index in [9.17, 15) is 5.26 Å². The summed E-state index contributed by atoms with van der Waals surface area (Å²) in [7, 11) is 3.24. The molecule has 0 bridgehead atoms. The molecule has 1 aliphatic carbocycles. The van der Waals surface area contributed by atoms with Gasteiger partial charge in [-0.1, -0.05) is 30.3 Å². The maximum atomic E-state index is 9.35. The number of hydrogen-bond acceptors (Lipinski definition) is 3. The van der Waals surface area contributed by atoms with Gasteiger partial charge in [0.25, 0.3) is 0 Å². The van der Waals surface area contributed by atoms with Gasteiger partial charge in [0.1, 0.15) is 0 Å². The SMILES string of the molecule is COC1(OC)CC(C#N)(c2ccccc2)C1. The highest BCUT2D eigenvalue weighted by molar-refractivity contribution is 5.37. The predicted molar refractivity (Wildman–Crippen MR) is 59.7 cm³/mol. The summed E-state index contributed by atoms with van der Waals surface area (Å²) in [6.07, 6.45) is 1.18. The van der Waals surface area contributed by atoms with E-state index in [1.807, 2.05) is 30.3 Å². The second kappa shape index (κ2) is 3.89. The van der Waals surface area contributed by atoms with Crippen molar-refractivity contribution in [3.05, 3.63) is 35.9 Å². The lowest BCUT2D eigenvalue weighted by atomic mass is 9.61. The fourth-order valence-electron chi connectivity index (χ4n) is 2.34. The van der Waals surface area contributed by atoms with Crippen LogP contribution in [0.25, 0.3) is 0 Å². The van der Waals surface area contributed by atoms with E-state index in [0.717, 1.165) is 5.56 Å². The summed E-state index contributed by atoms with van der Waals surface area (Å²) >= 11 is 0. The highest BCUT2D eigenvalue weighted by Crippen LogP contribution is 2.51. The summed E-state index contributed by atoms with van der Waals surface area (Å²) in [6.45, 7) is 0. The third-order valence-corrected chi connectivity index (χ3v) is 3.43. The van der Waals surface area contributed by atoms with Gasteiger partial charge in [-0.15, -0.1) is 0 Å². The highest BCUT2D eigenvalue weighted by atomic mass is 16.7. The van der Waals surface area contributed by atoms with Crippen LogP contribution in [0.2, 0.25) is 0 Å². The smallest absolute Gasteiger partial charge is 0.171 e. The molecule has 3 nitrogen and oxygen atoms in total. The van der Waals surface area contributed by atoms with Crippen LogP contribution in [0.1, 0.15) is 18.4 Å². The fourth-order valence-corrected chi connectivity index (χ4v) is 2.34.